The summed E-state index contributed by atoms with van der Waals surface area (Å²) in [4.78, 5) is 2.41. The topological polar surface area (TPSA) is 62.3 Å². The van der Waals surface area contributed by atoms with Crippen LogP contribution in [0.1, 0.15) is 46.0 Å². The van der Waals surface area contributed by atoms with Crippen molar-refractivity contribution in [3.63, 3.8) is 0 Å². The number of likely N-dealkylation sites (N-methyl/N-ethyl adjacent to an activating group) is 1. The first kappa shape index (κ1) is 15.4. The smallest absolute Gasteiger partial charge is 0.104 e. The van der Waals surface area contributed by atoms with Gasteiger partial charge in [-0.05, 0) is 45.2 Å². The van der Waals surface area contributed by atoms with Crippen LogP contribution in [-0.2, 0) is 4.74 Å². The van der Waals surface area contributed by atoms with Gasteiger partial charge in [0.25, 0.3) is 0 Å². The number of ether oxygens (including phenoxy) is 1. The van der Waals surface area contributed by atoms with Gasteiger partial charge >= 0.3 is 0 Å². The van der Waals surface area contributed by atoms with Gasteiger partial charge in [0.2, 0.25) is 0 Å². The van der Waals surface area contributed by atoms with Gasteiger partial charge in [-0.2, -0.15) is 5.26 Å². The molecule has 0 saturated carbocycles. The van der Waals surface area contributed by atoms with Crippen LogP contribution >= 0.6 is 0 Å². The lowest BCUT2D eigenvalue weighted by Gasteiger charge is -2.25. The second-order valence-corrected chi connectivity index (χ2v) is 5.25. The molecule has 0 aromatic carbocycles. The summed E-state index contributed by atoms with van der Waals surface area (Å²) in [5.74, 6) is 0. The molecule has 0 spiro atoms. The highest BCUT2D eigenvalue weighted by Gasteiger charge is 2.22. The molecule has 0 aliphatic carbocycles. The molecule has 2 atom stereocenters. The van der Waals surface area contributed by atoms with Crippen LogP contribution in [0.15, 0.2) is 0 Å². The first-order valence-corrected chi connectivity index (χ1v) is 7.17. The van der Waals surface area contributed by atoms with E-state index in [1.165, 1.54) is 12.8 Å². The van der Waals surface area contributed by atoms with E-state index in [1.807, 2.05) is 6.92 Å². The predicted molar refractivity (Wildman–Crippen MR) is 73.1 cm³/mol. The molecular weight excluding hydrogens is 226 g/mol. The summed E-state index contributed by atoms with van der Waals surface area (Å²) in [6, 6.07) is 2.23. The third-order valence-electron chi connectivity index (χ3n) is 3.88. The maximum atomic E-state index is 9.03. The summed E-state index contributed by atoms with van der Waals surface area (Å²) in [5, 5.41) is 9.03. The lowest BCUT2D eigenvalue weighted by atomic mass is 9.93. The van der Waals surface area contributed by atoms with Gasteiger partial charge in [-0.3, -0.25) is 0 Å². The third kappa shape index (κ3) is 4.93. The molecule has 0 bridgehead atoms. The monoisotopic (exact) mass is 253 g/mol. The van der Waals surface area contributed by atoms with E-state index in [-0.39, 0.29) is 0 Å². The molecule has 2 unspecified atom stereocenters. The largest absolute Gasteiger partial charge is 0.377 e. The first-order chi connectivity index (χ1) is 8.63. The molecule has 0 radical (unpaired) electrons. The molecule has 1 aliphatic heterocycles. The summed E-state index contributed by atoms with van der Waals surface area (Å²) in [6.07, 6.45) is 5.28. The summed E-state index contributed by atoms with van der Waals surface area (Å²) in [7, 11) is 0. The standard InChI is InChI=1S/C14H27N3O/c1-3-14(16,12-15)8-6-9-17(4-2)11-13-7-5-10-18-13/h13H,3-11,16H2,1-2H3. The van der Waals surface area contributed by atoms with Crippen molar-refractivity contribution in [3.05, 3.63) is 0 Å². The summed E-state index contributed by atoms with van der Waals surface area (Å²) >= 11 is 0. The van der Waals surface area contributed by atoms with Crippen LogP contribution < -0.4 is 5.73 Å². The SMILES string of the molecule is CCN(CCCC(N)(C#N)CC)CC1CCCO1. The van der Waals surface area contributed by atoms with Gasteiger partial charge in [-0.15, -0.1) is 0 Å². The molecule has 4 heteroatoms. The Morgan fingerprint density at radius 2 is 2.28 bits per heavy atom. The lowest BCUT2D eigenvalue weighted by Crippen LogP contribution is -2.39. The van der Waals surface area contributed by atoms with Gasteiger partial charge in [0.15, 0.2) is 0 Å². The Kier molecular flexibility index (Phi) is 6.62. The average molecular weight is 253 g/mol. The molecule has 4 nitrogen and oxygen atoms in total. The van der Waals surface area contributed by atoms with Gasteiger partial charge in [0, 0.05) is 13.2 Å². The highest BCUT2D eigenvalue weighted by Crippen LogP contribution is 2.16. The normalized spacial score (nSPS) is 22.9. The summed E-state index contributed by atoms with van der Waals surface area (Å²) in [6.45, 7) is 8.14. The zero-order chi connectivity index (χ0) is 13.4. The Hall–Kier alpha value is -0.630. The van der Waals surface area contributed by atoms with Gasteiger partial charge in [0.05, 0.1) is 12.2 Å². The Morgan fingerprint density at radius 3 is 2.78 bits per heavy atom. The molecule has 2 N–H and O–H groups in total. The van der Waals surface area contributed by atoms with Crippen LogP contribution in [0.5, 0.6) is 0 Å². The molecule has 1 fully saturated rings. The van der Waals surface area contributed by atoms with Crippen molar-refractivity contribution >= 4 is 0 Å². The molecule has 1 rings (SSSR count). The van der Waals surface area contributed by atoms with Gasteiger partial charge in [0.1, 0.15) is 5.54 Å². The van der Waals surface area contributed by atoms with E-state index in [0.29, 0.717) is 6.10 Å². The number of nitrogens with two attached hydrogens (primary N) is 1. The van der Waals surface area contributed by atoms with Crippen molar-refractivity contribution in [2.45, 2.75) is 57.6 Å². The average Bonchev–Trinajstić information content (AvgIpc) is 2.90. The Balaban J connectivity index is 2.24. The van der Waals surface area contributed by atoms with Crippen molar-refractivity contribution in [2.75, 3.05) is 26.2 Å². The molecule has 1 saturated heterocycles. The van der Waals surface area contributed by atoms with Crippen LogP contribution in [0.2, 0.25) is 0 Å². The Bertz CT molecular complexity index is 271. The van der Waals surface area contributed by atoms with E-state index in [1.54, 1.807) is 0 Å². The van der Waals surface area contributed by atoms with Gasteiger partial charge in [-0.25, -0.2) is 0 Å². The first-order valence-electron chi connectivity index (χ1n) is 7.17. The van der Waals surface area contributed by atoms with Crippen molar-refractivity contribution in [3.8, 4) is 6.07 Å². The molecule has 1 heterocycles. The predicted octanol–water partition coefficient (Wildman–Crippen LogP) is 1.90. The van der Waals surface area contributed by atoms with E-state index in [9.17, 15) is 0 Å². The number of rotatable bonds is 8. The number of nitriles is 1. The third-order valence-corrected chi connectivity index (χ3v) is 3.88. The fourth-order valence-corrected chi connectivity index (χ4v) is 2.38. The van der Waals surface area contributed by atoms with Crippen LogP contribution in [0, 0.1) is 11.3 Å². The minimum Gasteiger partial charge on any atom is -0.377 e. The Labute approximate surface area is 111 Å². The van der Waals surface area contributed by atoms with Crippen LogP contribution in [0.4, 0.5) is 0 Å². The van der Waals surface area contributed by atoms with Crippen molar-refractivity contribution in [2.24, 2.45) is 5.73 Å². The van der Waals surface area contributed by atoms with Crippen LogP contribution in [-0.4, -0.2) is 42.8 Å². The van der Waals surface area contributed by atoms with E-state index < -0.39 is 5.54 Å². The van der Waals surface area contributed by atoms with E-state index in [0.717, 1.165) is 45.5 Å². The van der Waals surface area contributed by atoms with E-state index in [4.69, 9.17) is 15.7 Å². The minimum atomic E-state index is -0.636. The highest BCUT2D eigenvalue weighted by atomic mass is 16.5. The number of hydrogen-bond acceptors (Lipinski definition) is 4. The second-order valence-electron chi connectivity index (χ2n) is 5.25. The molecular formula is C14H27N3O. The summed E-state index contributed by atoms with van der Waals surface area (Å²) < 4.78 is 5.66. The molecule has 18 heavy (non-hydrogen) atoms. The molecule has 1 aliphatic rings. The second kappa shape index (κ2) is 7.73. The number of hydrogen-bond donors (Lipinski definition) is 1. The van der Waals surface area contributed by atoms with E-state index in [2.05, 4.69) is 17.9 Å². The zero-order valence-corrected chi connectivity index (χ0v) is 11.8. The quantitative estimate of drug-likeness (QED) is 0.717. The zero-order valence-electron chi connectivity index (χ0n) is 11.8. The molecule has 0 aromatic heterocycles. The fourth-order valence-electron chi connectivity index (χ4n) is 2.38. The maximum Gasteiger partial charge on any atom is 0.104 e. The van der Waals surface area contributed by atoms with Gasteiger partial charge in [-0.1, -0.05) is 13.8 Å². The maximum absolute atomic E-state index is 9.03. The van der Waals surface area contributed by atoms with Crippen molar-refractivity contribution in [1.82, 2.24) is 4.90 Å². The molecule has 0 amide bonds. The Morgan fingerprint density at radius 1 is 1.50 bits per heavy atom. The van der Waals surface area contributed by atoms with Gasteiger partial charge < -0.3 is 15.4 Å². The fraction of sp³-hybridized carbons (Fsp3) is 0.929. The molecule has 104 valence electrons. The van der Waals surface area contributed by atoms with Crippen molar-refractivity contribution < 1.29 is 4.74 Å². The molecule has 0 aromatic rings. The summed E-state index contributed by atoms with van der Waals surface area (Å²) in [5.41, 5.74) is 5.35. The van der Waals surface area contributed by atoms with Crippen LogP contribution in [0.25, 0.3) is 0 Å². The lowest BCUT2D eigenvalue weighted by molar-refractivity contribution is 0.0739. The van der Waals surface area contributed by atoms with E-state index >= 15 is 0 Å². The number of nitrogens with zero attached hydrogens (tertiary/aromatic N) is 2. The van der Waals surface area contributed by atoms with Crippen LogP contribution in [0.3, 0.4) is 0 Å². The van der Waals surface area contributed by atoms with Crippen molar-refractivity contribution in [1.29, 1.82) is 5.26 Å². The highest BCUT2D eigenvalue weighted by molar-refractivity contribution is 5.03. The minimum absolute atomic E-state index is 0.412.